The highest BCUT2D eigenvalue weighted by molar-refractivity contribution is 5.90. The lowest BCUT2D eigenvalue weighted by Crippen LogP contribution is -2.54. The number of hydrogen-bond donors (Lipinski definition) is 2. The fourth-order valence-corrected chi connectivity index (χ4v) is 2.24. The summed E-state index contributed by atoms with van der Waals surface area (Å²) in [6.07, 6.45) is 3.68. The molecule has 0 aromatic carbocycles. The zero-order valence-electron chi connectivity index (χ0n) is 11.0. The van der Waals surface area contributed by atoms with E-state index in [9.17, 15) is 9.59 Å². The molecule has 2 amide bonds. The molecule has 0 aliphatic carbocycles. The van der Waals surface area contributed by atoms with Crippen LogP contribution in [0.5, 0.6) is 0 Å². The largest absolute Gasteiger partial charge is 0.347 e. The molecule has 0 saturated carbocycles. The SMILES string of the molecule is CCCC1(C(=O)NCC(=O)N(C)C)CCCN1. The molecule has 0 aromatic heterocycles. The van der Waals surface area contributed by atoms with Crippen LogP contribution in [-0.2, 0) is 9.59 Å². The van der Waals surface area contributed by atoms with Crippen LogP contribution in [0.2, 0.25) is 0 Å². The summed E-state index contributed by atoms with van der Waals surface area (Å²) in [5.74, 6) is -0.116. The minimum atomic E-state index is -0.443. The average molecular weight is 241 g/mol. The third kappa shape index (κ3) is 3.43. The van der Waals surface area contributed by atoms with Gasteiger partial charge in [0, 0.05) is 14.1 Å². The lowest BCUT2D eigenvalue weighted by Gasteiger charge is -2.28. The van der Waals surface area contributed by atoms with Gasteiger partial charge in [0.25, 0.3) is 0 Å². The first-order chi connectivity index (χ1) is 8.02. The Labute approximate surface area is 103 Å². The number of hydrogen-bond acceptors (Lipinski definition) is 3. The van der Waals surface area contributed by atoms with E-state index in [0.717, 1.165) is 32.2 Å². The maximum atomic E-state index is 12.1. The maximum Gasteiger partial charge on any atom is 0.241 e. The standard InChI is InChI=1S/C12H23N3O2/c1-4-6-12(7-5-8-14-12)11(17)13-9-10(16)15(2)3/h14H,4-9H2,1-3H3,(H,13,17). The summed E-state index contributed by atoms with van der Waals surface area (Å²) < 4.78 is 0. The van der Waals surface area contributed by atoms with Crippen LogP contribution in [0.25, 0.3) is 0 Å². The molecule has 0 bridgehead atoms. The second kappa shape index (κ2) is 6.00. The molecule has 1 heterocycles. The highest BCUT2D eigenvalue weighted by Crippen LogP contribution is 2.24. The van der Waals surface area contributed by atoms with Crippen LogP contribution < -0.4 is 10.6 Å². The molecule has 0 spiro atoms. The molecule has 1 aliphatic heterocycles. The molecule has 0 aromatic rings. The molecule has 5 nitrogen and oxygen atoms in total. The average Bonchev–Trinajstić information content (AvgIpc) is 2.75. The van der Waals surface area contributed by atoms with Crippen LogP contribution in [0.1, 0.15) is 32.6 Å². The first kappa shape index (κ1) is 14.0. The molecule has 1 saturated heterocycles. The fourth-order valence-electron chi connectivity index (χ4n) is 2.24. The Kier molecular flexibility index (Phi) is 4.93. The number of nitrogens with one attached hydrogen (secondary N) is 2. The fraction of sp³-hybridized carbons (Fsp3) is 0.833. The molecule has 5 heteroatoms. The Balaban J connectivity index is 2.52. The normalized spacial score (nSPS) is 23.5. The van der Waals surface area contributed by atoms with Gasteiger partial charge in [-0.15, -0.1) is 0 Å². The Morgan fingerprint density at radius 3 is 2.59 bits per heavy atom. The van der Waals surface area contributed by atoms with Gasteiger partial charge in [-0.3, -0.25) is 9.59 Å². The quantitative estimate of drug-likeness (QED) is 0.718. The van der Waals surface area contributed by atoms with Gasteiger partial charge in [0.2, 0.25) is 11.8 Å². The predicted octanol–water partition coefficient (Wildman–Crippen LogP) is 0.113. The molecule has 2 N–H and O–H groups in total. The van der Waals surface area contributed by atoms with Gasteiger partial charge in [0.05, 0.1) is 12.1 Å². The summed E-state index contributed by atoms with van der Waals surface area (Å²) in [5.41, 5.74) is -0.443. The summed E-state index contributed by atoms with van der Waals surface area (Å²) >= 11 is 0. The number of amides is 2. The minimum Gasteiger partial charge on any atom is -0.347 e. The van der Waals surface area contributed by atoms with Crippen molar-refractivity contribution in [3.8, 4) is 0 Å². The van der Waals surface area contributed by atoms with E-state index in [1.165, 1.54) is 4.90 Å². The zero-order chi connectivity index (χ0) is 12.9. The maximum absolute atomic E-state index is 12.1. The molecule has 1 atom stereocenters. The van der Waals surface area contributed by atoms with Crippen molar-refractivity contribution in [3.63, 3.8) is 0 Å². The molecule has 98 valence electrons. The summed E-state index contributed by atoms with van der Waals surface area (Å²) in [4.78, 5) is 25.0. The second-order valence-corrected chi connectivity index (χ2v) is 4.83. The van der Waals surface area contributed by atoms with Crippen molar-refractivity contribution in [2.45, 2.75) is 38.1 Å². The number of rotatable bonds is 5. The van der Waals surface area contributed by atoms with Crippen molar-refractivity contribution in [1.29, 1.82) is 0 Å². The van der Waals surface area contributed by atoms with Crippen molar-refractivity contribution in [1.82, 2.24) is 15.5 Å². The van der Waals surface area contributed by atoms with Crippen molar-refractivity contribution >= 4 is 11.8 Å². The molecule has 1 fully saturated rings. The Morgan fingerprint density at radius 2 is 2.12 bits per heavy atom. The van der Waals surface area contributed by atoms with E-state index in [2.05, 4.69) is 17.6 Å². The third-order valence-electron chi connectivity index (χ3n) is 3.25. The van der Waals surface area contributed by atoms with Crippen LogP contribution in [0.3, 0.4) is 0 Å². The van der Waals surface area contributed by atoms with Gasteiger partial charge in [0.1, 0.15) is 0 Å². The first-order valence-corrected chi connectivity index (χ1v) is 6.25. The van der Waals surface area contributed by atoms with Crippen molar-refractivity contribution in [2.24, 2.45) is 0 Å². The van der Waals surface area contributed by atoms with Gasteiger partial charge in [-0.2, -0.15) is 0 Å². The zero-order valence-corrected chi connectivity index (χ0v) is 11.0. The monoisotopic (exact) mass is 241 g/mol. The number of carbonyl (C=O) groups excluding carboxylic acids is 2. The summed E-state index contributed by atoms with van der Waals surface area (Å²) in [7, 11) is 3.37. The topological polar surface area (TPSA) is 61.4 Å². The molecular weight excluding hydrogens is 218 g/mol. The Morgan fingerprint density at radius 1 is 1.41 bits per heavy atom. The van der Waals surface area contributed by atoms with Gasteiger partial charge in [0.15, 0.2) is 0 Å². The van der Waals surface area contributed by atoms with E-state index < -0.39 is 5.54 Å². The first-order valence-electron chi connectivity index (χ1n) is 6.25. The van der Waals surface area contributed by atoms with E-state index in [4.69, 9.17) is 0 Å². The second-order valence-electron chi connectivity index (χ2n) is 4.83. The lowest BCUT2D eigenvalue weighted by atomic mass is 9.91. The van der Waals surface area contributed by atoms with Gasteiger partial charge in [-0.25, -0.2) is 0 Å². The lowest BCUT2D eigenvalue weighted by molar-refractivity contribution is -0.133. The number of carbonyl (C=O) groups is 2. The Hall–Kier alpha value is -1.10. The van der Waals surface area contributed by atoms with Gasteiger partial charge in [-0.1, -0.05) is 13.3 Å². The molecule has 0 radical (unpaired) electrons. The van der Waals surface area contributed by atoms with Gasteiger partial charge in [-0.05, 0) is 25.8 Å². The van der Waals surface area contributed by atoms with Crippen LogP contribution >= 0.6 is 0 Å². The van der Waals surface area contributed by atoms with E-state index in [1.54, 1.807) is 14.1 Å². The molecule has 17 heavy (non-hydrogen) atoms. The van der Waals surface area contributed by atoms with E-state index >= 15 is 0 Å². The highest BCUT2D eigenvalue weighted by Gasteiger charge is 2.39. The number of nitrogens with zero attached hydrogens (tertiary/aromatic N) is 1. The predicted molar refractivity (Wildman–Crippen MR) is 66.6 cm³/mol. The van der Waals surface area contributed by atoms with Gasteiger partial charge < -0.3 is 15.5 Å². The minimum absolute atomic E-state index is 0.0351. The van der Waals surface area contributed by atoms with Crippen LogP contribution in [0, 0.1) is 0 Å². The van der Waals surface area contributed by atoms with Crippen LogP contribution in [0.4, 0.5) is 0 Å². The number of likely N-dealkylation sites (N-methyl/N-ethyl adjacent to an activating group) is 1. The van der Waals surface area contributed by atoms with E-state index in [0.29, 0.717) is 0 Å². The molecule has 1 unspecified atom stereocenters. The summed E-state index contributed by atoms with van der Waals surface area (Å²) in [6, 6.07) is 0. The van der Waals surface area contributed by atoms with Crippen molar-refractivity contribution < 1.29 is 9.59 Å². The van der Waals surface area contributed by atoms with E-state index in [-0.39, 0.29) is 18.4 Å². The van der Waals surface area contributed by atoms with E-state index in [1.807, 2.05) is 0 Å². The third-order valence-corrected chi connectivity index (χ3v) is 3.25. The Bertz CT molecular complexity index is 283. The van der Waals surface area contributed by atoms with Crippen molar-refractivity contribution in [2.75, 3.05) is 27.2 Å². The summed E-state index contributed by atoms with van der Waals surface area (Å²) in [5, 5.41) is 6.03. The van der Waals surface area contributed by atoms with Crippen molar-refractivity contribution in [3.05, 3.63) is 0 Å². The van der Waals surface area contributed by atoms with Gasteiger partial charge >= 0.3 is 0 Å². The van der Waals surface area contributed by atoms with Crippen LogP contribution in [-0.4, -0.2) is 49.4 Å². The summed E-state index contributed by atoms with van der Waals surface area (Å²) in [6.45, 7) is 3.04. The molecular formula is C12H23N3O2. The van der Waals surface area contributed by atoms with Crippen LogP contribution in [0.15, 0.2) is 0 Å². The molecule has 1 aliphatic rings. The smallest absolute Gasteiger partial charge is 0.241 e. The highest BCUT2D eigenvalue weighted by atomic mass is 16.2. The molecule has 1 rings (SSSR count).